The first-order chi connectivity index (χ1) is 8.60. The molecular formula is C13H16N4O. The van der Waals surface area contributed by atoms with Crippen LogP contribution in [0.15, 0.2) is 30.3 Å². The summed E-state index contributed by atoms with van der Waals surface area (Å²) < 4.78 is 1.59. The van der Waals surface area contributed by atoms with E-state index < -0.39 is 0 Å². The highest BCUT2D eigenvalue weighted by molar-refractivity contribution is 6.03. The van der Waals surface area contributed by atoms with Gasteiger partial charge in [-0.3, -0.25) is 4.79 Å². The number of amides is 1. The van der Waals surface area contributed by atoms with Crippen LogP contribution in [0.4, 0.5) is 11.5 Å². The van der Waals surface area contributed by atoms with Gasteiger partial charge in [0.2, 0.25) is 0 Å². The summed E-state index contributed by atoms with van der Waals surface area (Å²) in [6.45, 7) is 4.56. The molecule has 0 fully saturated rings. The predicted molar refractivity (Wildman–Crippen MR) is 71.4 cm³/mol. The van der Waals surface area contributed by atoms with Gasteiger partial charge in [-0.15, -0.1) is 0 Å². The van der Waals surface area contributed by atoms with Crippen molar-refractivity contribution in [2.24, 2.45) is 0 Å². The molecule has 1 aromatic heterocycles. The van der Waals surface area contributed by atoms with Crippen molar-refractivity contribution in [3.05, 3.63) is 41.6 Å². The predicted octanol–water partition coefficient (Wildman–Crippen LogP) is 2.05. The second kappa shape index (κ2) is 4.91. The zero-order valence-corrected chi connectivity index (χ0v) is 10.5. The number of carbonyl (C=O) groups excluding carboxylic acids is 1. The molecular weight excluding hydrogens is 228 g/mol. The van der Waals surface area contributed by atoms with Gasteiger partial charge < -0.3 is 11.1 Å². The van der Waals surface area contributed by atoms with Crippen molar-refractivity contribution in [3.8, 4) is 0 Å². The van der Waals surface area contributed by atoms with Gasteiger partial charge in [-0.25, -0.2) is 4.68 Å². The molecule has 0 aliphatic rings. The highest BCUT2D eigenvalue weighted by Gasteiger charge is 2.12. The Morgan fingerprint density at radius 3 is 2.61 bits per heavy atom. The number of carbonyl (C=O) groups is 1. The molecule has 0 radical (unpaired) electrons. The first kappa shape index (κ1) is 12.2. The minimum atomic E-state index is -0.252. The SMILES string of the molecule is CCn1nc(C(=O)Nc2ccc(C)cc2)cc1N. The molecule has 0 saturated heterocycles. The van der Waals surface area contributed by atoms with Gasteiger partial charge in [-0.05, 0) is 26.0 Å². The first-order valence-corrected chi connectivity index (χ1v) is 5.81. The lowest BCUT2D eigenvalue weighted by Gasteiger charge is -2.03. The van der Waals surface area contributed by atoms with E-state index in [1.54, 1.807) is 10.7 Å². The zero-order valence-electron chi connectivity index (χ0n) is 10.5. The second-order valence-electron chi connectivity index (χ2n) is 4.09. The summed E-state index contributed by atoms with van der Waals surface area (Å²) in [5, 5.41) is 6.90. The molecule has 5 nitrogen and oxygen atoms in total. The molecule has 3 N–H and O–H groups in total. The Balaban J connectivity index is 2.14. The third kappa shape index (κ3) is 2.51. The third-order valence-electron chi connectivity index (χ3n) is 2.65. The van der Waals surface area contributed by atoms with Crippen LogP contribution in [0.5, 0.6) is 0 Å². The van der Waals surface area contributed by atoms with Crippen molar-refractivity contribution in [2.75, 3.05) is 11.1 Å². The van der Waals surface area contributed by atoms with Gasteiger partial charge in [-0.1, -0.05) is 17.7 Å². The highest BCUT2D eigenvalue weighted by atomic mass is 16.1. The lowest BCUT2D eigenvalue weighted by Crippen LogP contribution is -2.13. The van der Waals surface area contributed by atoms with Gasteiger partial charge in [0.1, 0.15) is 5.82 Å². The Bertz CT molecular complexity index is 557. The van der Waals surface area contributed by atoms with Gasteiger partial charge in [0.05, 0.1) is 0 Å². The van der Waals surface area contributed by atoms with Gasteiger partial charge in [-0.2, -0.15) is 5.10 Å². The van der Waals surface area contributed by atoms with Gasteiger partial charge >= 0.3 is 0 Å². The molecule has 94 valence electrons. The normalized spacial score (nSPS) is 10.3. The Morgan fingerprint density at radius 1 is 1.39 bits per heavy atom. The van der Waals surface area contributed by atoms with Crippen LogP contribution in [0.25, 0.3) is 0 Å². The minimum absolute atomic E-state index is 0.252. The van der Waals surface area contributed by atoms with Crippen LogP contribution in [0, 0.1) is 6.92 Å². The summed E-state index contributed by atoms with van der Waals surface area (Å²) in [6, 6.07) is 9.16. The number of hydrogen-bond acceptors (Lipinski definition) is 3. The van der Waals surface area contributed by atoms with Crippen LogP contribution >= 0.6 is 0 Å². The zero-order chi connectivity index (χ0) is 13.1. The van der Waals surface area contributed by atoms with Crippen LogP contribution in [0.2, 0.25) is 0 Å². The molecule has 2 aromatic rings. The van der Waals surface area contributed by atoms with Crippen LogP contribution in [-0.4, -0.2) is 15.7 Å². The van der Waals surface area contributed by atoms with Gasteiger partial charge in [0.15, 0.2) is 5.69 Å². The monoisotopic (exact) mass is 244 g/mol. The molecule has 0 aliphatic heterocycles. The maximum Gasteiger partial charge on any atom is 0.276 e. The summed E-state index contributed by atoms with van der Waals surface area (Å²) in [6.07, 6.45) is 0. The average Bonchev–Trinajstić information content (AvgIpc) is 2.73. The molecule has 0 spiro atoms. The molecule has 1 aromatic carbocycles. The van der Waals surface area contributed by atoms with Crippen LogP contribution < -0.4 is 11.1 Å². The summed E-state index contributed by atoms with van der Waals surface area (Å²) in [7, 11) is 0. The molecule has 5 heteroatoms. The average molecular weight is 244 g/mol. The molecule has 0 unspecified atom stereocenters. The van der Waals surface area contributed by atoms with E-state index in [1.165, 1.54) is 0 Å². The number of anilines is 2. The Kier molecular flexibility index (Phi) is 3.32. The number of hydrogen-bond donors (Lipinski definition) is 2. The van der Waals surface area contributed by atoms with E-state index >= 15 is 0 Å². The number of nitrogens with one attached hydrogen (secondary N) is 1. The topological polar surface area (TPSA) is 72.9 Å². The summed E-state index contributed by atoms with van der Waals surface area (Å²) in [5.74, 6) is 0.240. The highest BCUT2D eigenvalue weighted by Crippen LogP contribution is 2.12. The number of rotatable bonds is 3. The van der Waals surface area contributed by atoms with Crippen molar-refractivity contribution >= 4 is 17.4 Å². The summed E-state index contributed by atoms with van der Waals surface area (Å²) >= 11 is 0. The largest absolute Gasteiger partial charge is 0.384 e. The Labute approximate surface area is 106 Å². The van der Waals surface area contributed by atoms with Gasteiger partial charge in [0.25, 0.3) is 5.91 Å². The Morgan fingerprint density at radius 2 is 2.06 bits per heavy atom. The van der Waals surface area contributed by atoms with E-state index in [1.807, 2.05) is 38.1 Å². The van der Waals surface area contributed by atoms with Crippen molar-refractivity contribution in [2.45, 2.75) is 20.4 Å². The van der Waals surface area contributed by atoms with E-state index in [9.17, 15) is 4.79 Å². The lowest BCUT2D eigenvalue weighted by atomic mass is 10.2. The summed E-state index contributed by atoms with van der Waals surface area (Å²) in [4.78, 5) is 11.9. The van der Waals surface area contributed by atoms with E-state index in [0.717, 1.165) is 11.3 Å². The van der Waals surface area contributed by atoms with Crippen molar-refractivity contribution in [1.82, 2.24) is 9.78 Å². The first-order valence-electron chi connectivity index (χ1n) is 5.81. The van der Waals surface area contributed by atoms with E-state index in [-0.39, 0.29) is 5.91 Å². The maximum atomic E-state index is 11.9. The summed E-state index contributed by atoms with van der Waals surface area (Å²) in [5.41, 5.74) is 7.94. The second-order valence-corrected chi connectivity index (χ2v) is 4.09. The van der Waals surface area contributed by atoms with Crippen LogP contribution in [0.3, 0.4) is 0 Å². The fourth-order valence-electron chi connectivity index (χ4n) is 1.63. The molecule has 0 atom stereocenters. The molecule has 0 aliphatic carbocycles. The number of nitrogens with two attached hydrogens (primary N) is 1. The van der Waals surface area contributed by atoms with Crippen molar-refractivity contribution in [3.63, 3.8) is 0 Å². The number of aryl methyl sites for hydroxylation is 2. The van der Waals surface area contributed by atoms with E-state index in [2.05, 4.69) is 10.4 Å². The van der Waals surface area contributed by atoms with E-state index in [0.29, 0.717) is 18.1 Å². The lowest BCUT2D eigenvalue weighted by molar-refractivity contribution is 0.102. The number of aromatic nitrogens is 2. The number of nitrogens with zero attached hydrogens (tertiary/aromatic N) is 2. The van der Waals surface area contributed by atoms with Crippen molar-refractivity contribution < 1.29 is 4.79 Å². The molecule has 2 rings (SSSR count). The molecule has 0 bridgehead atoms. The minimum Gasteiger partial charge on any atom is -0.384 e. The smallest absolute Gasteiger partial charge is 0.276 e. The van der Waals surface area contributed by atoms with Crippen LogP contribution in [0.1, 0.15) is 23.0 Å². The standard InChI is InChI=1S/C13H16N4O/c1-3-17-12(14)8-11(16-17)13(18)15-10-6-4-9(2)5-7-10/h4-8H,3,14H2,1-2H3,(H,15,18). The van der Waals surface area contributed by atoms with Crippen LogP contribution in [-0.2, 0) is 6.54 Å². The van der Waals surface area contributed by atoms with E-state index in [4.69, 9.17) is 5.73 Å². The molecule has 1 amide bonds. The fraction of sp³-hybridized carbons (Fsp3) is 0.231. The molecule has 18 heavy (non-hydrogen) atoms. The molecule has 1 heterocycles. The molecule has 0 saturated carbocycles. The quantitative estimate of drug-likeness (QED) is 0.867. The third-order valence-corrected chi connectivity index (χ3v) is 2.65. The Hall–Kier alpha value is -2.30. The number of benzene rings is 1. The number of nitrogen functional groups attached to an aromatic ring is 1. The maximum absolute atomic E-state index is 11.9. The van der Waals surface area contributed by atoms with Crippen molar-refractivity contribution in [1.29, 1.82) is 0 Å². The fourth-order valence-corrected chi connectivity index (χ4v) is 1.63. The van der Waals surface area contributed by atoms with Gasteiger partial charge in [0, 0.05) is 18.3 Å².